The third-order valence-electron chi connectivity index (χ3n) is 3.24. The van der Waals surface area contributed by atoms with Crippen molar-refractivity contribution in [1.29, 1.82) is 0 Å². The van der Waals surface area contributed by atoms with Crippen molar-refractivity contribution < 1.29 is 4.74 Å². The predicted molar refractivity (Wildman–Crippen MR) is 83.6 cm³/mol. The van der Waals surface area contributed by atoms with Crippen LogP contribution in [0.1, 0.15) is 18.4 Å². The largest absolute Gasteiger partial charge is 0.379 e. The lowest BCUT2D eigenvalue weighted by molar-refractivity contribution is 0.131. The summed E-state index contributed by atoms with van der Waals surface area (Å²) in [6.07, 6.45) is 2.72. The van der Waals surface area contributed by atoms with Crippen molar-refractivity contribution in [2.75, 3.05) is 31.7 Å². The van der Waals surface area contributed by atoms with Gasteiger partial charge in [-0.15, -0.1) is 0 Å². The maximum atomic E-state index is 5.66. The van der Waals surface area contributed by atoms with E-state index in [0.29, 0.717) is 0 Å². The molecule has 0 atom stereocenters. The van der Waals surface area contributed by atoms with Gasteiger partial charge in [0.2, 0.25) is 0 Å². The average molecular weight is 377 g/mol. The average Bonchev–Trinajstić information content (AvgIpc) is 3.18. The van der Waals surface area contributed by atoms with Crippen molar-refractivity contribution in [2.24, 2.45) is 5.92 Å². The fourth-order valence-corrected chi connectivity index (χ4v) is 3.12. The van der Waals surface area contributed by atoms with Crippen molar-refractivity contribution in [3.8, 4) is 0 Å². The fraction of sp³-hybridized carbons (Fsp3) is 0.571. The zero-order valence-corrected chi connectivity index (χ0v) is 13.8. The molecule has 1 aromatic rings. The van der Waals surface area contributed by atoms with Crippen LogP contribution in [0.3, 0.4) is 0 Å². The predicted octanol–water partition coefficient (Wildman–Crippen LogP) is 4.21. The van der Waals surface area contributed by atoms with Crippen LogP contribution in [-0.4, -0.2) is 26.8 Å². The van der Waals surface area contributed by atoms with Gasteiger partial charge in [0.15, 0.2) is 0 Å². The van der Waals surface area contributed by atoms with E-state index in [-0.39, 0.29) is 0 Å². The molecule has 0 heterocycles. The Morgan fingerprint density at radius 1 is 1.39 bits per heavy atom. The number of alkyl halides is 1. The molecule has 0 aromatic heterocycles. The van der Waals surface area contributed by atoms with Crippen LogP contribution in [0.15, 0.2) is 22.7 Å². The van der Waals surface area contributed by atoms with Gasteiger partial charge in [-0.05, 0) is 36.5 Å². The van der Waals surface area contributed by atoms with Crippen molar-refractivity contribution in [2.45, 2.75) is 18.2 Å². The molecule has 0 spiro atoms. The Labute approximate surface area is 126 Å². The van der Waals surface area contributed by atoms with Gasteiger partial charge in [-0.25, -0.2) is 0 Å². The summed E-state index contributed by atoms with van der Waals surface area (Å²) in [7, 11) is 2.11. The molecule has 4 heteroatoms. The first kappa shape index (κ1) is 14.4. The maximum Gasteiger partial charge on any atom is 0.0641 e. The number of nitrogens with zero attached hydrogens (tertiary/aromatic N) is 1. The molecule has 2 nitrogen and oxygen atoms in total. The molecule has 0 radical (unpaired) electrons. The van der Waals surface area contributed by atoms with Crippen LogP contribution in [0.5, 0.6) is 0 Å². The number of hydrogen-bond donors (Lipinski definition) is 0. The SMILES string of the molecule is CN(CCOCC1CC1)c1ccc(CBr)c(Br)c1. The van der Waals surface area contributed by atoms with Gasteiger partial charge < -0.3 is 9.64 Å². The van der Waals surface area contributed by atoms with E-state index in [1.807, 2.05) is 0 Å². The van der Waals surface area contributed by atoms with Crippen LogP contribution in [0.2, 0.25) is 0 Å². The highest BCUT2D eigenvalue weighted by molar-refractivity contribution is 9.10. The highest BCUT2D eigenvalue weighted by Gasteiger charge is 2.20. The first-order chi connectivity index (χ1) is 8.70. The molecule has 0 N–H and O–H groups in total. The Morgan fingerprint density at radius 2 is 2.17 bits per heavy atom. The minimum Gasteiger partial charge on any atom is -0.379 e. The van der Waals surface area contributed by atoms with Crippen molar-refractivity contribution in [3.05, 3.63) is 28.2 Å². The third-order valence-corrected chi connectivity index (χ3v) is 4.59. The molecule has 0 amide bonds. The van der Waals surface area contributed by atoms with Gasteiger partial charge >= 0.3 is 0 Å². The molecular formula is C14H19Br2NO. The van der Waals surface area contributed by atoms with Crippen molar-refractivity contribution in [3.63, 3.8) is 0 Å². The second-order valence-electron chi connectivity index (χ2n) is 4.85. The van der Waals surface area contributed by atoms with E-state index in [1.165, 1.54) is 24.1 Å². The van der Waals surface area contributed by atoms with E-state index in [9.17, 15) is 0 Å². The Morgan fingerprint density at radius 3 is 2.78 bits per heavy atom. The first-order valence-corrected chi connectivity index (χ1v) is 8.25. The summed E-state index contributed by atoms with van der Waals surface area (Å²) in [5.74, 6) is 0.850. The van der Waals surface area contributed by atoms with Crippen LogP contribution in [0.4, 0.5) is 5.69 Å². The fourth-order valence-electron chi connectivity index (χ4n) is 1.75. The minimum atomic E-state index is 0.810. The quantitative estimate of drug-likeness (QED) is 0.522. The number of likely N-dealkylation sites (N-methyl/N-ethyl adjacent to an activating group) is 1. The van der Waals surface area contributed by atoms with E-state index in [1.54, 1.807) is 0 Å². The molecule has 0 bridgehead atoms. The summed E-state index contributed by atoms with van der Waals surface area (Å²) < 4.78 is 6.82. The Balaban J connectivity index is 1.79. The van der Waals surface area contributed by atoms with Gasteiger partial charge in [-0.1, -0.05) is 37.9 Å². The van der Waals surface area contributed by atoms with E-state index >= 15 is 0 Å². The molecule has 2 rings (SSSR count). The molecule has 100 valence electrons. The molecule has 0 unspecified atom stereocenters. The van der Waals surface area contributed by atoms with Crippen LogP contribution in [0, 0.1) is 5.92 Å². The summed E-state index contributed by atoms with van der Waals surface area (Å²) >= 11 is 7.07. The molecule has 1 saturated carbocycles. The number of halogens is 2. The number of ether oxygens (including phenoxy) is 1. The van der Waals surface area contributed by atoms with E-state index in [0.717, 1.165) is 35.5 Å². The number of hydrogen-bond acceptors (Lipinski definition) is 2. The lowest BCUT2D eigenvalue weighted by Crippen LogP contribution is -2.23. The van der Waals surface area contributed by atoms with Crippen LogP contribution in [-0.2, 0) is 10.1 Å². The van der Waals surface area contributed by atoms with Crippen molar-refractivity contribution >= 4 is 37.5 Å². The van der Waals surface area contributed by atoms with E-state index < -0.39 is 0 Å². The molecule has 0 saturated heterocycles. The molecule has 1 aliphatic rings. The first-order valence-electron chi connectivity index (χ1n) is 6.34. The number of anilines is 1. The molecule has 1 fully saturated rings. The summed E-state index contributed by atoms with van der Waals surface area (Å²) in [6.45, 7) is 2.69. The number of benzene rings is 1. The molecule has 1 aliphatic carbocycles. The van der Waals surface area contributed by atoms with Crippen LogP contribution in [0.25, 0.3) is 0 Å². The normalized spacial score (nSPS) is 14.8. The number of rotatable bonds is 7. The van der Waals surface area contributed by atoms with Gasteiger partial charge in [0, 0.05) is 35.7 Å². The minimum absolute atomic E-state index is 0.810. The van der Waals surface area contributed by atoms with E-state index in [4.69, 9.17) is 4.74 Å². The maximum absolute atomic E-state index is 5.66. The summed E-state index contributed by atoms with van der Waals surface area (Å²) in [5, 5.41) is 0.877. The van der Waals surface area contributed by atoms with Crippen molar-refractivity contribution in [1.82, 2.24) is 0 Å². The lowest BCUT2D eigenvalue weighted by Gasteiger charge is -2.20. The Kier molecular flexibility index (Phi) is 5.52. The smallest absolute Gasteiger partial charge is 0.0641 e. The topological polar surface area (TPSA) is 12.5 Å². The zero-order chi connectivity index (χ0) is 13.0. The van der Waals surface area contributed by atoms with Gasteiger partial charge in [0.05, 0.1) is 6.61 Å². The summed E-state index contributed by atoms with van der Waals surface area (Å²) in [4.78, 5) is 2.23. The summed E-state index contributed by atoms with van der Waals surface area (Å²) in [6, 6.07) is 6.47. The van der Waals surface area contributed by atoms with E-state index in [2.05, 4.69) is 62.0 Å². The second kappa shape index (κ2) is 6.92. The molecular weight excluding hydrogens is 358 g/mol. The Hall–Kier alpha value is -0.0600. The second-order valence-corrected chi connectivity index (χ2v) is 6.26. The highest BCUT2D eigenvalue weighted by atomic mass is 79.9. The summed E-state index contributed by atoms with van der Waals surface area (Å²) in [5.41, 5.74) is 2.50. The molecule has 1 aromatic carbocycles. The van der Waals surface area contributed by atoms with Gasteiger partial charge in [0.1, 0.15) is 0 Å². The Bertz CT molecular complexity index is 393. The standard InChI is InChI=1S/C14H19Br2NO/c1-17(6-7-18-10-11-2-3-11)13-5-4-12(9-15)14(16)8-13/h4-5,8,11H,2-3,6-7,9-10H2,1H3. The van der Waals surface area contributed by atoms with Crippen LogP contribution >= 0.6 is 31.9 Å². The van der Waals surface area contributed by atoms with Gasteiger partial charge in [-0.2, -0.15) is 0 Å². The highest BCUT2D eigenvalue weighted by Crippen LogP contribution is 2.29. The zero-order valence-electron chi connectivity index (χ0n) is 10.7. The van der Waals surface area contributed by atoms with Gasteiger partial charge in [-0.3, -0.25) is 0 Å². The molecule has 18 heavy (non-hydrogen) atoms. The molecule has 0 aliphatic heterocycles. The third kappa shape index (κ3) is 4.25. The lowest BCUT2D eigenvalue weighted by atomic mass is 10.2. The van der Waals surface area contributed by atoms with Gasteiger partial charge in [0.25, 0.3) is 0 Å². The monoisotopic (exact) mass is 375 g/mol. The van der Waals surface area contributed by atoms with Crippen LogP contribution < -0.4 is 4.90 Å².